The fourth-order valence-corrected chi connectivity index (χ4v) is 4.33. The lowest BCUT2D eigenvalue weighted by molar-refractivity contribution is -0.0500. The number of rotatable bonds is 3. The fraction of sp³-hybridized carbons (Fsp3) is 0.556. The number of aliphatic imine (C=N–C) groups is 1. The lowest BCUT2D eigenvalue weighted by atomic mass is 9.69. The van der Waals surface area contributed by atoms with Gasteiger partial charge in [-0.15, -0.1) is 0 Å². The minimum Gasteiger partial charge on any atom is -0.392 e. The molecule has 8 heteroatoms. The van der Waals surface area contributed by atoms with Crippen LogP contribution < -0.4 is 5.32 Å². The first-order valence-corrected chi connectivity index (χ1v) is 8.82. The Morgan fingerprint density at radius 1 is 1.31 bits per heavy atom. The van der Waals surface area contributed by atoms with Gasteiger partial charge in [0.1, 0.15) is 11.3 Å². The van der Waals surface area contributed by atoms with E-state index in [1.54, 1.807) is 12.4 Å². The minimum absolute atomic E-state index is 0.0859. The number of aromatic nitrogens is 2. The first-order chi connectivity index (χ1) is 12.4. The van der Waals surface area contributed by atoms with E-state index in [-0.39, 0.29) is 25.4 Å². The van der Waals surface area contributed by atoms with E-state index in [1.807, 2.05) is 13.8 Å². The third kappa shape index (κ3) is 2.55. The number of alkyl halides is 2. The molecule has 1 atom stereocenters. The lowest BCUT2D eigenvalue weighted by Gasteiger charge is -2.44. The van der Waals surface area contributed by atoms with Crippen LogP contribution in [0.2, 0.25) is 0 Å². The number of hydrogen-bond donors (Lipinski definition) is 3. The summed E-state index contributed by atoms with van der Waals surface area (Å²) in [6.07, 6.45) is 3.92. The van der Waals surface area contributed by atoms with E-state index >= 15 is 0 Å². The molecule has 0 spiro atoms. The van der Waals surface area contributed by atoms with Gasteiger partial charge in [-0.2, -0.15) is 0 Å². The van der Waals surface area contributed by atoms with Crippen molar-refractivity contribution >= 4 is 17.7 Å². The molecule has 2 aromatic heterocycles. The molecular formula is C18H22F2N4O2. The van der Waals surface area contributed by atoms with Gasteiger partial charge in [0, 0.05) is 36.4 Å². The molecule has 140 valence electrons. The zero-order valence-corrected chi connectivity index (χ0v) is 14.8. The van der Waals surface area contributed by atoms with E-state index in [4.69, 9.17) is 4.52 Å². The number of hydrogen-bond acceptors (Lipinski definition) is 5. The van der Waals surface area contributed by atoms with Crippen LogP contribution in [0.3, 0.4) is 0 Å². The highest BCUT2D eigenvalue weighted by Gasteiger charge is 2.49. The van der Waals surface area contributed by atoms with E-state index in [1.165, 1.54) is 0 Å². The molecule has 6 nitrogen and oxygen atoms in total. The molecule has 1 saturated carbocycles. The van der Waals surface area contributed by atoms with Crippen molar-refractivity contribution in [3.63, 3.8) is 0 Å². The molecule has 1 aliphatic heterocycles. The molecule has 1 fully saturated rings. The normalized spacial score (nSPS) is 25.1. The Morgan fingerprint density at radius 2 is 2.04 bits per heavy atom. The van der Waals surface area contributed by atoms with Crippen molar-refractivity contribution in [2.45, 2.75) is 57.6 Å². The van der Waals surface area contributed by atoms with Crippen LogP contribution >= 0.6 is 0 Å². The molecule has 4 rings (SSSR count). The SMILES string of the molecule is Cc1noc(C)c1C1(C2CCC(F)(F)CC2)C=Nc2[nH]cc(CO)c2N1. The summed E-state index contributed by atoms with van der Waals surface area (Å²) < 4.78 is 32.9. The molecule has 1 unspecified atom stereocenters. The number of aliphatic hydroxyl groups is 1. The van der Waals surface area contributed by atoms with Gasteiger partial charge in [-0.25, -0.2) is 13.8 Å². The maximum atomic E-state index is 13.8. The summed E-state index contributed by atoms with van der Waals surface area (Å²) in [7, 11) is 0. The molecule has 1 aliphatic carbocycles. The Balaban J connectivity index is 1.82. The van der Waals surface area contributed by atoms with E-state index in [9.17, 15) is 13.9 Å². The summed E-state index contributed by atoms with van der Waals surface area (Å²) in [4.78, 5) is 7.58. The average Bonchev–Trinajstić information content (AvgIpc) is 3.17. The standard InChI is InChI=1S/C18H22F2N4O2/c1-10-14(11(2)26-24-10)18(13-3-5-17(19,20)6-4-13)9-22-16-15(23-18)12(8-25)7-21-16/h7,9,13,21,23,25H,3-6,8H2,1-2H3. The second-order valence-corrected chi connectivity index (χ2v) is 7.28. The monoisotopic (exact) mass is 364 g/mol. The van der Waals surface area contributed by atoms with Crippen LogP contribution in [-0.4, -0.2) is 27.4 Å². The van der Waals surface area contributed by atoms with Crippen molar-refractivity contribution in [1.29, 1.82) is 0 Å². The average molecular weight is 364 g/mol. The number of H-pyrrole nitrogens is 1. The van der Waals surface area contributed by atoms with Gasteiger partial charge in [0.05, 0.1) is 18.0 Å². The van der Waals surface area contributed by atoms with Gasteiger partial charge in [-0.1, -0.05) is 5.16 Å². The zero-order chi connectivity index (χ0) is 18.5. The zero-order valence-electron chi connectivity index (χ0n) is 14.8. The molecule has 0 radical (unpaired) electrons. The van der Waals surface area contributed by atoms with Crippen molar-refractivity contribution < 1.29 is 18.4 Å². The maximum Gasteiger partial charge on any atom is 0.248 e. The Hall–Kier alpha value is -2.22. The van der Waals surface area contributed by atoms with Crippen molar-refractivity contribution in [2.24, 2.45) is 10.9 Å². The summed E-state index contributed by atoms with van der Waals surface area (Å²) in [6, 6.07) is 0. The van der Waals surface area contributed by atoms with Gasteiger partial charge in [0.2, 0.25) is 5.92 Å². The molecule has 2 aromatic rings. The number of aromatic amines is 1. The van der Waals surface area contributed by atoms with Crippen LogP contribution in [0, 0.1) is 19.8 Å². The van der Waals surface area contributed by atoms with E-state index in [0.717, 1.165) is 5.56 Å². The van der Waals surface area contributed by atoms with Gasteiger partial charge in [-0.3, -0.25) is 0 Å². The highest BCUT2D eigenvalue weighted by molar-refractivity contribution is 5.89. The molecule has 26 heavy (non-hydrogen) atoms. The molecule has 3 heterocycles. The summed E-state index contributed by atoms with van der Waals surface area (Å²) >= 11 is 0. The largest absolute Gasteiger partial charge is 0.392 e. The van der Waals surface area contributed by atoms with Gasteiger partial charge >= 0.3 is 0 Å². The van der Waals surface area contributed by atoms with Crippen LogP contribution in [0.4, 0.5) is 20.3 Å². The van der Waals surface area contributed by atoms with Gasteiger partial charge in [0.25, 0.3) is 0 Å². The van der Waals surface area contributed by atoms with E-state index < -0.39 is 11.5 Å². The number of aryl methyl sites for hydroxylation is 2. The van der Waals surface area contributed by atoms with Gasteiger partial charge in [-0.05, 0) is 32.6 Å². The van der Waals surface area contributed by atoms with Crippen molar-refractivity contribution in [2.75, 3.05) is 5.32 Å². The smallest absolute Gasteiger partial charge is 0.248 e. The molecule has 0 aromatic carbocycles. The summed E-state index contributed by atoms with van der Waals surface area (Å²) in [5.41, 5.74) is 2.15. The lowest BCUT2D eigenvalue weighted by Crippen LogP contribution is -2.48. The first kappa shape index (κ1) is 17.2. The number of nitrogens with zero attached hydrogens (tertiary/aromatic N) is 2. The van der Waals surface area contributed by atoms with Gasteiger partial charge in [0.15, 0.2) is 5.82 Å². The molecule has 3 N–H and O–H groups in total. The third-order valence-corrected chi connectivity index (χ3v) is 5.65. The molecular weight excluding hydrogens is 342 g/mol. The van der Waals surface area contributed by atoms with Crippen LogP contribution in [0.1, 0.15) is 48.3 Å². The predicted octanol–water partition coefficient (Wildman–Crippen LogP) is 3.96. The quantitative estimate of drug-likeness (QED) is 0.769. The summed E-state index contributed by atoms with van der Waals surface area (Å²) in [6.45, 7) is 3.53. The molecule has 0 saturated heterocycles. The van der Waals surface area contributed by atoms with Gasteiger partial charge < -0.3 is 19.9 Å². The van der Waals surface area contributed by atoms with Crippen molar-refractivity contribution in [3.8, 4) is 0 Å². The highest BCUT2D eigenvalue weighted by atomic mass is 19.3. The third-order valence-electron chi connectivity index (χ3n) is 5.65. The van der Waals surface area contributed by atoms with Crippen LogP contribution in [-0.2, 0) is 12.1 Å². The van der Waals surface area contributed by atoms with Crippen LogP contribution in [0.5, 0.6) is 0 Å². The number of anilines is 1. The number of aliphatic hydroxyl groups excluding tert-OH is 1. The molecule has 0 bridgehead atoms. The summed E-state index contributed by atoms with van der Waals surface area (Å²) in [5.74, 6) is -1.43. The number of fused-ring (bicyclic) bond motifs is 1. The van der Waals surface area contributed by atoms with Crippen molar-refractivity contribution in [1.82, 2.24) is 10.1 Å². The Kier molecular flexibility index (Phi) is 3.91. The first-order valence-electron chi connectivity index (χ1n) is 8.82. The highest BCUT2D eigenvalue weighted by Crippen LogP contribution is 2.49. The summed E-state index contributed by atoms with van der Waals surface area (Å²) in [5, 5.41) is 17.2. The second kappa shape index (κ2) is 5.90. The van der Waals surface area contributed by atoms with Crippen LogP contribution in [0.15, 0.2) is 15.7 Å². The number of halogens is 2. The minimum atomic E-state index is -2.61. The second-order valence-electron chi connectivity index (χ2n) is 7.28. The topological polar surface area (TPSA) is 86.4 Å². The maximum absolute atomic E-state index is 13.8. The van der Waals surface area contributed by atoms with E-state index in [2.05, 4.69) is 20.4 Å². The predicted molar refractivity (Wildman–Crippen MR) is 93.1 cm³/mol. The van der Waals surface area contributed by atoms with E-state index in [0.29, 0.717) is 41.4 Å². The van der Waals surface area contributed by atoms with Crippen molar-refractivity contribution in [3.05, 3.63) is 28.8 Å². The van der Waals surface area contributed by atoms with Crippen LogP contribution in [0.25, 0.3) is 0 Å². The Morgan fingerprint density at radius 3 is 2.65 bits per heavy atom. The Labute approximate surface area is 149 Å². The molecule has 0 amide bonds. The Bertz CT molecular complexity index is 828. The molecule has 2 aliphatic rings. The fourth-order valence-electron chi connectivity index (χ4n) is 4.33. The number of nitrogens with one attached hydrogen (secondary N) is 2.